The Morgan fingerprint density at radius 1 is 1.00 bits per heavy atom. The van der Waals surface area contributed by atoms with E-state index in [1.165, 1.54) is 19.3 Å². The summed E-state index contributed by atoms with van der Waals surface area (Å²) in [7, 11) is 0. The normalized spacial score (nSPS) is 23.5. The van der Waals surface area contributed by atoms with Gasteiger partial charge in [0.15, 0.2) is 0 Å². The number of carbonyl (C=O) groups excluding carboxylic acids is 1. The molecule has 3 heteroatoms. The molecule has 126 valence electrons. The van der Waals surface area contributed by atoms with E-state index in [0.29, 0.717) is 5.92 Å². The number of hydrogen-bond acceptors (Lipinski definition) is 2. The monoisotopic (exact) mass is 315 g/mol. The van der Waals surface area contributed by atoms with E-state index >= 15 is 0 Å². The molecule has 0 bridgehead atoms. The maximum atomic E-state index is 11.9. The Balaban J connectivity index is 1.85. The van der Waals surface area contributed by atoms with Crippen LogP contribution < -0.4 is 0 Å². The average molecular weight is 315 g/mol. The quantitative estimate of drug-likeness (QED) is 0.923. The predicted octanol–water partition coefficient (Wildman–Crippen LogP) is 3.71. The molecular formula is C20H29NO2. The van der Waals surface area contributed by atoms with Crippen LogP contribution >= 0.6 is 0 Å². The molecule has 2 aliphatic rings. The lowest BCUT2D eigenvalue weighted by Gasteiger charge is -2.47. The fraction of sp³-hybridized carbons (Fsp3) is 0.650. The Hall–Kier alpha value is -1.35. The van der Waals surface area contributed by atoms with Gasteiger partial charge >= 0.3 is 0 Å². The number of benzene rings is 1. The lowest BCUT2D eigenvalue weighted by atomic mass is 9.65. The summed E-state index contributed by atoms with van der Waals surface area (Å²) < 4.78 is 0. The van der Waals surface area contributed by atoms with Gasteiger partial charge in [-0.3, -0.25) is 4.79 Å². The number of piperidine rings is 1. The summed E-state index contributed by atoms with van der Waals surface area (Å²) in [5, 5.41) is 11.9. The smallest absolute Gasteiger partial charge is 0.219 e. The van der Waals surface area contributed by atoms with Gasteiger partial charge in [0, 0.05) is 20.0 Å². The zero-order valence-corrected chi connectivity index (χ0v) is 14.2. The number of carbonyl (C=O) groups is 1. The maximum absolute atomic E-state index is 11.9. The van der Waals surface area contributed by atoms with Crippen LogP contribution in [0.5, 0.6) is 0 Å². The predicted molar refractivity (Wildman–Crippen MR) is 91.9 cm³/mol. The number of nitrogens with zero attached hydrogens (tertiary/aromatic N) is 1. The summed E-state index contributed by atoms with van der Waals surface area (Å²) in [5.41, 5.74) is 0.345. The van der Waals surface area contributed by atoms with Gasteiger partial charge in [-0.05, 0) is 43.1 Å². The number of likely N-dealkylation sites (tertiary alicyclic amines) is 1. The summed E-state index contributed by atoms with van der Waals surface area (Å²) in [4.78, 5) is 13.5. The molecule has 0 aromatic heterocycles. The molecule has 1 atom stereocenters. The summed E-state index contributed by atoms with van der Waals surface area (Å²) in [6.45, 7) is 3.20. The molecule has 1 saturated heterocycles. The zero-order valence-electron chi connectivity index (χ0n) is 14.2. The van der Waals surface area contributed by atoms with E-state index in [9.17, 15) is 9.90 Å². The van der Waals surface area contributed by atoms with Crippen molar-refractivity contribution < 1.29 is 9.90 Å². The van der Waals surface area contributed by atoms with Crippen molar-refractivity contribution in [2.45, 2.75) is 57.5 Å². The van der Waals surface area contributed by atoms with Crippen molar-refractivity contribution in [3.05, 3.63) is 35.9 Å². The fourth-order valence-corrected chi connectivity index (χ4v) is 4.69. The van der Waals surface area contributed by atoms with Crippen molar-refractivity contribution in [1.29, 1.82) is 0 Å². The van der Waals surface area contributed by atoms with Gasteiger partial charge in [-0.2, -0.15) is 0 Å². The van der Waals surface area contributed by atoms with Gasteiger partial charge < -0.3 is 10.0 Å². The Bertz CT molecular complexity index is 516. The lowest BCUT2D eigenvalue weighted by Crippen LogP contribution is -2.49. The van der Waals surface area contributed by atoms with Gasteiger partial charge in [0.1, 0.15) is 0 Å². The van der Waals surface area contributed by atoms with E-state index in [0.717, 1.165) is 44.3 Å². The molecule has 0 radical (unpaired) electrons. The lowest BCUT2D eigenvalue weighted by molar-refractivity contribution is -0.136. The molecule has 3 nitrogen and oxygen atoms in total. The first-order valence-electron chi connectivity index (χ1n) is 9.15. The number of rotatable bonds is 3. The summed E-state index contributed by atoms with van der Waals surface area (Å²) >= 11 is 0. The largest absolute Gasteiger partial charge is 0.385 e. The van der Waals surface area contributed by atoms with Crippen molar-refractivity contribution in [3.63, 3.8) is 0 Å². The van der Waals surface area contributed by atoms with Gasteiger partial charge in [-0.15, -0.1) is 0 Å². The third kappa shape index (κ3) is 3.30. The van der Waals surface area contributed by atoms with Crippen LogP contribution in [0.2, 0.25) is 0 Å². The molecule has 1 aromatic rings. The van der Waals surface area contributed by atoms with Crippen molar-refractivity contribution >= 4 is 5.91 Å². The van der Waals surface area contributed by atoms with Crippen molar-refractivity contribution in [3.8, 4) is 0 Å². The van der Waals surface area contributed by atoms with Crippen LogP contribution in [0.25, 0.3) is 0 Å². The molecule has 1 heterocycles. The SMILES string of the molecule is CC(=O)N1CCC(C(O)(c2ccccc2)C2CCCCC2)CC1. The minimum absolute atomic E-state index is 0.157. The molecule has 1 unspecified atom stereocenters. The van der Waals surface area contributed by atoms with Gasteiger partial charge in [-0.25, -0.2) is 0 Å². The minimum Gasteiger partial charge on any atom is -0.385 e. The van der Waals surface area contributed by atoms with Gasteiger partial charge in [0.05, 0.1) is 5.60 Å². The van der Waals surface area contributed by atoms with Gasteiger partial charge in [0.2, 0.25) is 5.91 Å². The Labute approximate surface area is 139 Å². The summed E-state index contributed by atoms with van der Waals surface area (Å²) in [6, 6.07) is 10.3. The molecule has 3 rings (SSSR count). The van der Waals surface area contributed by atoms with E-state index in [1.807, 2.05) is 23.1 Å². The van der Waals surface area contributed by atoms with Crippen LogP contribution in [0.1, 0.15) is 57.4 Å². The Morgan fingerprint density at radius 2 is 1.57 bits per heavy atom. The van der Waals surface area contributed by atoms with Crippen LogP contribution in [0.4, 0.5) is 0 Å². The molecule has 1 N–H and O–H groups in total. The van der Waals surface area contributed by atoms with E-state index in [2.05, 4.69) is 12.1 Å². The average Bonchev–Trinajstić information content (AvgIpc) is 2.62. The second-order valence-corrected chi connectivity index (χ2v) is 7.31. The highest BCUT2D eigenvalue weighted by molar-refractivity contribution is 5.73. The first-order chi connectivity index (χ1) is 11.1. The van der Waals surface area contributed by atoms with Crippen LogP contribution in [-0.2, 0) is 10.4 Å². The third-order valence-electron chi connectivity index (χ3n) is 6.03. The van der Waals surface area contributed by atoms with E-state index in [1.54, 1.807) is 6.92 Å². The Morgan fingerprint density at radius 3 is 2.13 bits per heavy atom. The molecular weight excluding hydrogens is 286 g/mol. The minimum atomic E-state index is -0.732. The fourth-order valence-electron chi connectivity index (χ4n) is 4.69. The molecule has 23 heavy (non-hydrogen) atoms. The van der Waals surface area contributed by atoms with Crippen LogP contribution in [0.3, 0.4) is 0 Å². The topological polar surface area (TPSA) is 40.5 Å². The molecule has 2 fully saturated rings. The highest BCUT2D eigenvalue weighted by Gasteiger charge is 2.46. The van der Waals surface area contributed by atoms with Crippen molar-refractivity contribution in [2.24, 2.45) is 11.8 Å². The second kappa shape index (κ2) is 7.04. The van der Waals surface area contributed by atoms with E-state index < -0.39 is 5.60 Å². The van der Waals surface area contributed by atoms with Crippen molar-refractivity contribution in [1.82, 2.24) is 4.90 Å². The number of amides is 1. The van der Waals surface area contributed by atoms with Gasteiger partial charge in [-0.1, -0.05) is 49.6 Å². The third-order valence-corrected chi connectivity index (χ3v) is 6.03. The van der Waals surface area contributed by atoms with Crippen LogP contribution in [0, 0.1) is 11.8 Å². The van der Waals surface area contributed by atoms with Crippen LogP contribution in [-0.4, -0.2) is 29.0 Å². The molecule has 1 aliphatic heterocycles. The molecule has 1 aromatic carbocycles. The summed E-state index contributed by atoms with van der Waals surface area (Å²) in [5.74, 6) is 0.764. The molecule has 1 amide bonds. The zero-order chi connectivity index (χ0) is 16.3. The number of hydrogen-bond donors (Lipinski definition) is 1. The van der Waals surface area contributed by atoms with E-state index in [-0.39, 0.29) is 11.8 Å². The molecule has 1 aliphatic carbocycles. The molecule has 0 spiro atoms. The standard InChI is InChI=1S/C20H29NO2/c1-16(22)21-14-12-19(13-15-21)20(23,17-8-4-2-5-9-17)18-10-6-3-7-11-18/h2,4-5,8-9,18-19,23H,3,6-7,10-15H2,1H3. The van der Waals surface area contributed by atoms with Crippen LogP contribution in [0.15, 0.2) is 30.3 Å². The highest BCUT2D eigenvalue weighted by Crippen LogP contribution is 2.47. The highest BCUT2D eigenvalue weighted by atomic mass is 16.3. The van der Waals surface area contributed by atoms with E-state index in [4.69, 9.17) is 0 Å². The van der Waals surface area contributed by atoms with Crippen molar-refractivity contribution in [2.75, 3.05) is 13.1 Å². The second-order valence-electron chi connectivity index (χ2n) is 7.31. The number of aliphatic hydroxyl groups is 1. The van der Waals surface area contributed by atoms with Gasteiger partial charge in [0.25, 0.3) is 0 Å². The first-order valence-corrected chi connectivity index (χ1v) is 9.15. The first kappa shape index (κ1) is 16.5. The maximum Gasteiger partial charge on any atom is 0.219 e. The summed E-state index contributed by atoms with van der Waals surface area (Å²) in [6.07, 6.45) is 7.81. The Kier molecular flexibility index (Phi) is 5.05. The molecule has 1 saturated carbocycles.